The number of anilines is 2. The summed E-state index contributed by atoms with van der Waals surface area (Å²) in [6.45, 7) is 2.47. The highest BCUT2D eigenvalue weighted by atomic mass is 19.3. The number of aliphatic carboxylic acids is 1. The molecule has 1 unspecified atom stereocenters. The number of likely N-dealkylation sites (N-methyl/N-ethyl adjacent to an activating group) is 1. The number of nitrogens with zero attached hydrogens (tertiary/aromatic N) is 4. The molecule has 12 heteroatoms. The monoisotopic (exact) mass is 500 g/mol. The van der Waals surface area contributed by atoms with Gasteiger partial charge in [-0.05, 0) is 37.1 Å². The van der Waals surface area contributed by atoms with Gasteiger partial charge in [-0.2, -0.15) is 13.9 Å². The molecule has 3 amide bonds. The minimum absolute atomic E-state index is 0.0226. The van der Waals surface area contributed by atoms with E-state index in [1.807, 2.05) is 25.1 Å². The Morgan fingerprint density at radius 1 is 1.14 bits per heavy atom. The first-order valence-corrected chi connectivity index (χ1v) is 10.9. The summed E-state index contributed by atoms with van der Waals surface area (Å²) in [5, 5.41) is 17.7. The van der Waals surface area contributed by atoms with Crippen molar-refractivity contribution in [3.05, 3.63) is 71.7 Å². The van der Waals surface area contributed by atoms with Gasteiger partial charge in [0.2, 0.25) is 5.91 Å². The summed E-state index contributed by atoms with van der Waals surface area (Å²) < 4.78 is 27.7. The van der Waals surface area contributed by atoms with Gasteiger partial charge in [-0.15, -0.1) is 0 Å². The van der Waals surface area contributed by atoms with E-state index < -0.39 is 30.5 Å². The maximum atomic E-state index is 13.4. The van der Waals surface area contributed by atoms with Crippen molar-refractivity contribution in [3.63, 3.8) is 0 Å². The van der Waals surface area contributed by atoms with Gasteiger partial charge in [0.05, 0.1) is 18.7 Å². The number of carbonyl (C=O) groups excluding carboxylic acids is 2. The Balaban J connectivity index is 1.55. The lowest BCUT2D eigenvalue weighted by Gasteiger charge is -2.24. The Morgan fingerprint density at radius 2 is 1.86 bits per heavy atom. The van der Waals surface area contributed by atoms with Crippen LogP contribution in [-0.4, -0.2) is 55.6 Å². The number of rotatable bonds is 9. The number of benzene rings is 1. The van der Waals surface area contributed by atoms with Crippen molar-refractivity contribution >= 4 is 29.4 Å². The first kappa shape index (κ1) is 26.3. The second-order valence-electron chi connectivity index (χ2n) is 8.28. The zero-order valence-corrected chi connectivity index (χ0v) is 19.9. The molecule has 2 aromatic heterocycles. The summed E-state index contributed by atoms with van der Waals surface area (Å²) in [5.41, 5.74) is 2.68. The van der Waals surface area contributed by atoms with Crippen LogP contribution >= 0.6 is 0 Å². The number of aromatic nitrogens is 3. The smallest absolute Gasteiger partial charge is 0.376 e. The first-order valence-electron chi connectivity index (χ1n) is 10.9. The van der Waals surface area contributed by atoms with Crippen molar-refractivity contribution < 1.29 is 28.3 Å². The lowest BCUT2D eigenvalue weighted by atomic mass is 10.1. The van der Waals surface area contributed by atoms with E-state index in [9.17, 15) is 23.2 Å². The second-order valence-corrected chi connectivity index (χ2v) is 8.28. The van der Waals surface area contributed by atoms with Crippen molar-refractivity contribution in [2.45, 2.75) is 38.8 Å². The number of carboxylic acids is 1. The molecule has 36 heavy (non-hydrogen) atoms. The lowest BCUT2D eigenvalue weighted by Crippen LogP contribution is -2.33. The van der Waals surface area contributed by atoms with Crippen LogP contribution in [0.25, 0.3) is 0 Å². The first-order chi connectivity index (χ1) is 17.0. The summed E-state index contributed by atoms with van der Waals surface area (Å²) >= 11 is 0. The van der Waals surface area contributed by atoms with Crippen molar-refractivity contribution in [2.24, 2.45) is 0 Å². The molecule has 0 fully saturated rings. The number of para-hydroxylation sites is 1. The van der Waals surface area contributed by atoms with E-state index in [2.05, 4.69) is 20.7 Å². The second kappa shape index (κ2) is 10.9. The number of carboxylic acid groups (broad SMARTS) is 1. The molecule has 3 aromatic rings. The van der Waals surface area contributed by atoms with Crippen molar-refractivity contribution in [1.29, 1.82) is 0 Å². The highest BCUT2D eigenvalue weighted by Crippen LogP contribution is 2.22. The molecule has 0 saturated heterocycles. The number of alkyl halides is 2. The number of pyridine rings is 1. The Hall–Kier alpha value is -4.35. The fourth-order valence-electron chi connectivity index (χ4n) is 3.28. The molecule has 3 rings (SSSR count). The van der Waals surface area contributed by atoms with E-state index in [4.69, 9.17) is 5.11 Å². The summed E-state index contributed by atoms with van der Waals surface area (Å²) in [6, 6.07) is 9.64. The van der Waals surface area contributed by atoms with E-state index in [1.165, 1.54) is 23.5 Å². The molecule has 0 spiro atoms. The molecule has 0 aliphatic carbocycles. The van der Waals surface area contributed by atoms with Crippen LogP contribution in [0.1, 0.15) is 29.7 Å². The van der Waals surface area contributed by atoms with Gasteiger partial charge in [0.15, 0.2) is 0 Å². The van der Waals surface area contributed by atoms with Crippen LogP contribution < -0.4 is 10.6 Å². The van der Waals surface area contributed by atoms with Gasteiger partial charge in [0, 0.05) is 30.7 Å². The van der Waals surface area contributed by atoms with Gasteiger partial charge in [-0.3, -0.25) is 14.8 Å². The average molecular weight is 501 g/mol. The minimum Gasteiger partial charge on any atom is -0.477 e. The molecule has 190 valence electrons. The number of halogens is 2. The molecule has 0 radical (unpaired) electrons. The number of urea groups is 1. The van der Waals surface area contributed by atoms with Gasteiger partial charge in [-0.25, -0.2) is 14.6 Å². The fourth-order valence-corrected chi connectivity index (χ4v) is 3.28. The Kier molecular flexibility index (Phi) is 7.97. The Labute approximate surface area is 205 Å². The Bertz CT molecular complexity index is 1250. The highest BCUT2D eigenvalue weighted by molar-refractivity contribution is 5.99. The number of hydrogen-bond donors (Lipinski definition) is 3. The maximum Gasteiger partial charge on any atom is 0.376 e. The van der Waals surface area contributed by atoms with Crippen molar-refractivity contribution in [1.82, 2.24) is 19.7 Å². The topological polar surface area (TPSA) is 129 Å². The molecule has 0 bridgehead atoms. The molecule has 0 saturated carbocycles. The number of carbonyl (C=O) groups is 3. The number of aryl methyl sites for hydroxylation is 1. The lowest BCUT2D eigenvalue weighted by molar-refractivity contribution is -0.167. The summed E-state index contributed by atoms with van der Waals surface area (Å²) in [7, 11) is 1.56. The quantitative estimate of drug-likeness (QED) is 0.411. The Morgan fingerprint density at radius 3 is 2.50 bits per heavy atom. The van der Waals surface area contributed by atoms with E-state index in [1.54, 1.807) is 32.2 Å². The number of nitrogens with one attached hydrogen (secondary N) is 2. The third kappa shape index (κ3) is 6.62. The van der Waals surface area contributed by atoms with Gasteiger partial charge >= 0.3 is 17.9 Å². The molecular formula is C24H26F2N6O4. The van der Waals surface area contributed by atoms with Crippen molar-refractivity contribution in [3.8, 4) is 0 Å². The van der Waals surface area contributed by atoms with E-state index in [0.29, 0.717) is 22.6 Å². The summed E-state index contributed by atoms with van der Waals surface area (Å²) in [6.07, 6.45) is 4.10. The maximum absolute atomic E-state index is 13.4. The molecule has 10 nitrogen and oxygen atoms in total. The molecule has 0 aliphatic heterocycles. The van der Waals surface area contributed by atoms with Gasteiger partial charge < -0.3 is 15.3 Å². The third-order valence-corrected chi connectivity index (χ3v) is 5.60. The molecule has 1 aromatic carbocycles. The van der Waals surface area contributed by atoms with Crippen LogP contribution in [0.2, 0.25) is 0 Å². The normalized spacial score (nSPS) is 12.0. The predicted octanol–water partition coefficient (Wildman–Crippen LogP) is 3.71. The van der Waals surface area contributed by atoms with E-state index in [-0.39, 0.29) is 12.3 Å². The largest absolute Gasteiger partial charge is 0.477 e. The van der Waals surface area contributed by atoms with Gasteiger partial charge in [0.1, 0.15) is 12.4 Å². The van der Waals surface area contributed by atoms with Crippen LogP contribution in [0.15, 0.2) is 55.0 Å². The minimum atomic E-state index is -3.95. The SMILES string of the molecule is Cc1ccccc1NC(=O)Nc1ccc(CC(=O)N(C)C(C)c2cnn(CC(F)(F)C(=O)O)c2)cn1. The molecule has 0 aliphatic rings. The molecular weight excluding hydrogens is 474 g/mol. The van der Waals surface area contributed by atoms with Crippen LogP contribution in [0.3, 0.4) is 0 Å². The predicted molar refractivity (Wildman–Crippen MR) is 128 cm³/mol. The summed E-state index contributed by atoms with van der Waals surface area (Å²) in [5.74, 6) is -6.14. The van der Waals surface area contributed by atoms with Crippen LogP contribution in [0, 0.1) is 6.92 Å². The third-order valence-electron chi connectivity index (χ3n) is 5.60. The van der Waals surface area contributed by atoms with Crippen LogP contribution in [0.4, 0.5) is 25.1 Å². The van der Waals surface area contributed by atoms with Crippen molar-refractivity contribution in [2.75, 3.05) is 17.7 Å². The average Bonchev–Trinajstić information content (AvgIpc) is 3.28. The highest BCUT2D eigenvalue weighted by Gasteiger charge is 2.39. The van der Waals surface area contributed by atoms with Crippen LogP contribution in [-0.2, 0) is 22.6 Å². The molecule has 2 heterocycles. The number of hydrogen-bond acceptors (Lipinski definition) is 5. The van der Waals surface area contributed by atoms with E-state index in [0.717, 1.165) is 10.2 Å². The van der Waals surface area contributed by atoms with E-state index >= 15 is 0 Å². The fraction of sp³-hybridized carbons (Fsp3) is 0.292. The van der Waals surface area contributed by atoms with Gasteiger partial charge in [-0.1, -0.05) is 24.3 Å². The molecule has 1 atom stereocenters. The standard InChI is InChI=1S/C24H26F2N6O4/c1-15-6-4-5-7-19(15)29-23(36)30-20-9-8-17(11-27-20)10-21(33)31(3)16(2)18-12-28-32(13-18)14-24(25,26)22(34)35/h4-9,11-13,16H,10,14H2,1-3H3,(H,34,35)(H2,27,29,30,36). The van der Waals surface area contributed by atoms with Gasteiger partial charge in [0.25, 0.3) is 0 Å². The molecule has 3 N–H and O–H groups in total. The summed E-state index contributed by atoms with van der Waals surface area (Å²) in [4.78, 5) is 41.2. The van der Waals surface area contributed by atoms with Crippen LogP contribution in [0.5, 0.6) is 0 Å². The zero-order chi connectivity index (χ0) is 26.5. The number of amides is 3. The zero-order valence-electron chi connectivity index (χ0n) is 19.9.